The van der Waals surface area contributed by atoms with Crippen LogP contribution in [0.2, 0.25) is 0 Å². The summed E-state index contributed by atoms with van der Waals surface area (Å²) in [5, 5.41) is 3.14. The zero-order valence-electron chi connectivity index (χ0n) is 16.8. The Labute approximate surface area is 197 Å². The minimum atomic E-state index is -4.86. The first kappa shape index (κ1) is 29.1. The Morgan fingerprint density at radius 3 is 1.94 bits per heavy atom. The smallest absolute Gasteiger partial charge is 0.428 e. The molecule has 0 aliphatic carbocycles. The highest BCUT2D eigenvalue weighted by molar-refractivity contribution is 5.85. The number of alkyl halides is 7. The lowest BCUT2D eigenvalue weighted by Crippen LogP contribution is -2.45. The predicted octanol–water partition coefficient (Wildman–Crippen LogP) is 5.66. The van der Waals surface area contributed by atoms with Crippen molar-refractivity contribution in [3.63, 3.8) is 0 Å². The molecule has 1 heterocycles. The third kappa shape index (κ3) is 7.80. The van der Waals surface area contributed by atoms with Gasteiger partial charge in [0.05, 0.1) is 6.04 Å². The van der Waals surface area contributed by atoms with E-state index >= 15 is 0 Å². The van der Waals surface area contributed by atoms with E-state index in [0.717, 1.165) is 18.2 Å². The Morgan fingerprint density at radius 2 is 1.39 bits per heavy atom. The van der Waals surface area contributed by atoms with Gasteiger partial charge in [-0.1, -0.05) is 30.3 Å². The van der Waals surface area contributed by atoms with Gasteiger partial charge >= 0.3 is 18.9 Å². The van der Waals surface area contributed by atoms with Gasteiger partial charge in [0.25, 0.3) is 0 Å². The Bertz CT molecular complexity index is 864. The highest BCUT2D eigenvalue weighted by atomic mass is 35.5. The Morgan fingerprint density at radius 1 is 0.818 bits per heavy atom. The van der Waals surface area contributed by atoms with Crippen molar-refractivity contribution >= 4 is 24.8 Å². The van der Waals surface area contributed by atoms with E-state index in [2.05, 4.69) is 14.8 Å². The van der Waals surface area contributed by atoms with Crippen LogP contribution in [0.3, 0.4) is 0 Å². The number of para-hydroxylation sites is 1. The van der Waals surface area contributed by atoms with Crippen molar-refractivity contribution in [2.45, 2.75) is 24.9 Å². The first-order valence-corrected chi connectivity index (χ1v) is 9.31. The van der Waals surface area contributed by atoms with Crippen molar-refractivity contribution in [3.8, 4) is 11.5 Å². The molecule has 0 radical (unpaired) electrons. The second-order valence-corrected chi connectivity index (χ2v) is 6.81. The Balaban J connectivity index is 0.00000272. The highest BCUT2D eigenvalue weighted by Gasteiger charge is 2.45. The van der Waals surface area contributed by atoms with Gasteiger partial charge in [0.2, 0.25) is 0 Å². The second-order valence-electron chi connectivity index (χ2n) is 6.81. The summed E-state index contributed by atoms with van der Waals surface area (Å²) in [7, 11) is 0. The molecular weight excluding hydrogens is 504 g/mol. The molecule has 0 spiro atoms. The van der Waals surface area contributed by atoms with Gasteiger partial charge in [-0.2, -0.15) is 17.6 Å². The van der Waals surface area contributed by atoms with E-state index in [1.807, 2.05) is 4.90 Å². The number of benzene rings is 2. The third-order valence-electron chi connectivity index (χ3n) is 4.66. The monoisotopic (exact) mass is 524 g/mol. The molecule has 0 amide bonds. The van der Waals surface area contributed by atoms with Gasteiger partial charge in [0.1, 0.15) is 11.5 Å². The molecule has 33 heavy (non-hydrogen) atoms. The molecule has 4 nitrogen and oxygen atoms in total. The average Bonchev–Trinajstić information content (AvgIpc) is 2.70. The fourth-order valence-electron chi connectivity index (χ4n) is 3.37. The summed E-state index contributed by atoms with van der Waals surface area (Å²) in [6, 6.07) is 9.77. The zero-order chi connectivity index (χ0) is 22.6. The van der Waals surface area contributed by atoms with E-state index in [1.54, 1.807) is 6.07 Å². The van der Waals surface area contributed by atoms with Crippen molar-refractivity contribution in [1.29, 1.82) is 0 Å². The minimum absolute atomic E-state index is 0. The number of ether oxygens (including phenoxy) is 2. The zero-order valence-corrected chi connectivity index (χ0v) is 18.5. The van der Waals surface area contributed by atoms with Gasteiger partial charge in [-0.25, -0.2) is 0 Å². The standard InChI is InChI=1S/C20H19F7N2O2.2ClH/c21-18(22)19(23,24)31-16-4-2-1-3-15(16)17(29-11-9-28-10-12-29)13-5-7-14(8-6-13)30-20(25,26)27;;/h1-8,17-18,28H,9-12H2;2*1H/t17-;;/m0../s1. The minimum Gasteiger partial charge on any atom is -0.428 e. The van der Waals surface area contributed by atoms with Gasteiger partial charge < -0.3 is 14.8 Å². The van der Waals surface area contributed by atoms with Crippen LogP contribution in [0.15, 0.2) is 48.5 Å². The molecule has 186 valence electrons. The van der Waals surface area contributed by atoms with E-state index in [4.69, 9.17) is 0 Å². The first-order valence-electron chi connectivity index (χ1n) is 9.31. The van der Waals surface area contributed by atoms with Crippen LogP contribution in [0.5, 0.6) is 11.5 Å². The predicted molar refractivity (Wildman–Crippen MR) is 112 cm³/mol. The fraction of sp³-hybridized carbons (Fsp3) is 0.400. The molecule has 1 aliphatic rings. The van der Waals surface area contributed by atoms with Crippen LogP contribution in [-0.2, 0) is 0 Å². The molecule has 1 aliphatic heterocycles. The van der Waals surface area contributed by atoms with Crippen LogP contribution in [0.1, 0.15) is 17.2 Å². The molecule has 1 saturated heterocycles. The molecule has 2 aromatic carbocycles. The summed E-state index contributed by atoms with van der Waals surface area (Å²) in [6.45, 7) is 2.15. The van der Waals surface area contributed by atoms with Gasteiger partial charge in [0, 0.05) is 31.7 Å². The molecule has 1 N–H and O–H groups in total. The fourth-order valence-corrected chi connectivity index (χ4v) is 3.37. The summed E-state index contributed by atoms with van der Waals surface area (Å²) in [5.41, 5.74) is 0.655. The van der Waals surface area contributed by atoms with Crippen LogP contribution < -0.4 is 14.8 Å². The summed E-state index contributed by atoms with van der Waals surface area (Å²) in [6.07, 6.45) is -13.6. The lowest BCUT2D eigenvalue weighted by atomic mass is 9.95. The van der Waals surface area contributed by atoms with Gasteiger partial charge in [-0.3, -0.25) is 4.90 Å². The maximum absolute atomic E-state index is 13.6. The molecule has 2 aromatic rings. The van der Waals surface area contributed by atoms with Gasteiger partial charge in [-0.05, 0) is 23.8 Å². The van der Waals surface area contributed by atoms with Crippen molar-refractivity contribution in [2.24, 2.45) is 0 Å². The van der Waals surface area contributed by atoms with Gasteiger partial charge in [0.15, 0.2) is 0 Å². The van der Waals surface area contributed by atoms with Crippen molar-refractivity contribution < 1.29 is 40.2 Å². The lowest BCUT2D eigenvalue weighted by molar-refractivity contribution is -0.274. The maximum Gasteiger partial charge on any atom is 0.573 e. The van der Waals surface area contributed by atoms with Crippen LogP contribution in [0.25, 0.3) is 0 Å². The van der Waals surface area contributed by atoms with Crippen molar-refractivity contribution in [3.05, 3.63) is 59.7 Å². The lowest BCUT2D eigenvalue weighted by Gasteiger charge is -2.36. The van der Waals surface area contributed by atoms with E-state index in [-0.39, 0.29) is 30.4 Å². The summed E-state index contributed by atoms with van der Waals surface area (Å²) in [4.78, 5) is 1.90. The number of nitrogens with one attached hydrogen (secondary N) is 1. The number of rotatable bonds is 7. The summed E-state index contributed by atoms with van der Waals surface area (Å²) < 4.78 is 98.2. The summed E-state index contributed by atoms with van der Waals surface area (Å²) >= 11 is 0. The quantitative estimate of drug-likeness (QED) is 0.474. The SMILES string of the molecule is Cl.Cl.FC(F)C(F)(F)Oc1ccccc1[C@H](c1ccc(OC(F)(F)F)cc1)N1CCNCC1. The van der Waals surface area contributed by atoms with E-state index in [9.17, 15) is 30.7 Å². The topological polar surface area (TPSA) is 33.7 Å². The molecule has 0 bridgehead atoms. The van der Waals surface area contributed by atoms with Gasteiger partial charge in [-0.15, -0.1) is 38.0 Å². The van der Waals surface area contributed by atoms with E-state index < -0.39 is 36.4 Å². The Kier molecular flexibility index (Phi) is 10.5. The number of hydrogen-bond donors (Lipinski definition) is 1. The van der Waals surface area contributed by atoms with Crippen molar-refractivity contribution in [2.75, 3.05) is 26.2 Å². The molecular formula is C20H21Cl2F7N2O2. The average molecular weight is 525 g/mol. The normalized spacial score (nSPS) is 15.9. The Hall–Kier alpha value is -1.95. The van der Waals surface area contributed by atoms with E-state index in [0.29, 0.717) is 31.7 Å². The number of piperazine rings is 1. The number of halogens is 9. The molecule has 0 saturated carbocycles. The first-order chi connectivity index (χ1) is 14.6. The number of hydrogen-bond acceptors (Lipinski definition) is 4. The third-order valence-corrected chi connectivity index (χ3v) is 4.66. The second kappa shape index (κ2) is 12.0. The molecule has 1 atom stereocenters. The molecule has 3 rings (SSSR count). The van der Waals surface area contributed by atoms with Crippen LogP contribution in [0, 0.1) is 0 Å². The summed E-state index contributed by atoms with van der Waals surface area (Å²) in [5.74, 6) is -0.879. The van der Waals surface area contributed by atoms with Crippen LogP contribution in [0.4, 0.5) is 30.7 Å². The van der Waals surface area contributed by atoms with Crippen LogP contribution >= 0.6 is 24.8 Å². The molecule has 0 aromatic heterocycles. The molecule has 0 unspecified atom stereocenters. The molecule has 1 fully saturated rings. The van der Waals surface area contributed by atoms with Crippen molar-refractivity contribution in [1.82, 2.24) is 10.2 Å². The largest absolute Gasteiger partial charge is 0.573 e. The van der Waals surface area contributed by atoms with E-state index in [1.165, 1.54) is 24.3 Å². The van der Waals surface area contributed by atoms with Crippen LogP contribution in [-0.4, -0.2) is 50.0 Å². The molecule has 13 heteroatoms. The maximum atomic E-state index is 13.6. The number of nitrogens with zero attached hydrogens (tertiary/aromatic N) is 1. The highest BCUT2D eigenvalue weighted by Crippen LogP contribution is 2.38.